The van der Waals surface area contributed by atoms with Crippen molar-refractivity contribution in [1.29, 1.82) is 0 Å². The zero-order valence-electron chi connectivity index (χ0n) is 57.4. The van der Waals surface area contributed by atoms with Crippen LogP contribution in [-0.2, 0) is 28.6 Å². The van der Waals surface area contributed by atoms with E-state index in [0.717, 1.165) is 88.2 Å². The first-order valence-corrected chi connectivity index (χ1v) is 32.5. The molecule has 4 fully saturated rings. The minimum Gasteiger partial charge on any atom is -0.478 e. The molecule has 0 atom stereocenters. The Balaban J connectivity index is 0.00000118. The Bertz CT molecular complexity index is 3080. The fourth-order valence-corrected chi connectivity index (χ4v) is 9.51. The molecule has 0 bridgehead atoms. The number of nitrogen functional groups attached to an aromatic ring is 1. The average molecular weight is 1450 g/mol. The maximum absolute atomic E-state index is 11.4. The van der Waals surface area contributed by atoms with Crippen molar-refractivity contribution in [3.63, 3.8) is 0 Å². The molecule has 9 rings (SSSR count). The van der Waals surface area contributed by atoms with Crippen LogP contribution in [0, 0.1) is 0 Å². The summed E-state index contributed by atoms with van der Waals surface area (Å²) in [6.07, 6.45) is 0. The van der Waals surface area contributed by atoms with E-state index in [1.165, 1.54) is 35.9 Å². The number of anilines is 5. The van der Waals surface area contributed by atoms with Gasteiger partial charge < -0.3 is 81.0 Å². The molecular formula is C66H93B5Cl3N12O15. The molecule has 0 aliphatic carbocycles. The van der Waals surface area contributed by atoms with Gasteiger partial charge in [-0.25, -0.2) is 19.2 Å². The number of carbonyl (C=O) groups is 8. The average Bonchev–Trinajstić information content (AvgIpc) is 0.865. The molecule has 0 saturated carbocycles. The third-order valence-electron chi connectivity index (χ3n) is 14.6. The summed E-state index contributed by atoms with van der Waals surface area (Å²) in [6.45, 7) is 15.5. The molecule has 4 amide bonds. The molecule has 5 aromatic rings. The molecule has 0 aromatic heterocycles. The van der Waals surface area contributed by atoms with E-state index in [1.54, 1.807) is 101 Å². The molecule has 4 heterocycles. The van der Waals surface area contributed by atoms with Crippen LogP contribution in [0.3, 0.4) is 0 Å². The quantitative estimate of drug-likeness (QED) is 0.00996. The number of nitrogens with one attached hydrogen (secondary N) is 3. The van der Waals surface area contributed by atoms with Gasteiger partial charge in [-0.1, -0.05) is 7.43 Å². The van der Waals surface area contributed by atoms with E-state index < -0.39 is 11.8 Å². The summed E-state index contributed by atoms with van der Waals surface area (Å²) < 4.78 is 23.3. The van der Waals surface area contributed by atoms with Gasteiger partial charge in [0.2, 0.25) is 23.5 Å². The maximum Gasteiger partial charge on any atom is 0.337 e. The number of nitrogens with two attached hydrogens (primary N) is 2. The van der Waals surface area contributed by atoms with Gasteiger partial charge in [0.1, 0.15) is 0 Å². The molecule has 27 nitrogen and oxygen atoms in total. The Morgan fingerprint density at radius 3 is 1.05 bits per heavy atom. The number of rotatable bonds is 17. The number of methoxy groups -OCH3 is 3. The Kier molecular flexibility index (Phi) is 49.9. The van der Waals surface area contributed by atoms with Crippen LogP contribution in [0.2, 0.25) is 6.82 Å². The number of benzene rings is 5. The van der Waals surface area contributed by atoms with Crippen molar-refractivity contribution in [1.82, 2.24) is 30.7 Å². The number of halogens is 3. The molecule has 35 heteroatoms. The van der Waals surface area contributed by atoms with Gasteiger partial charge in [-0.3, -0.25) is 19.2 Å². The van der Waals surface area contributed by atoms with Crippen LogP contribution in [0.25, 0.3) is 0 Å². The number of alkyl halides is 2. The molecular weight excluding hydrogens is 1360 g/mol. The van der Waals surface area contributed by atoms with Gasteiger partial charge >= 0.3 is 66.2 Å². The second-order valence-electron chi connectivity index (χ2n) is 20.8. The zero-order chi connectivity index (χ0) is 73.5. The summed E-state index contributed by atoms with van der Waals surface area (Å²) in [4.78, 5) is 111. The molecule has 4 saturated heterocycles. The van der Waals surface area contributed by atoms with E-state index in [4.69, 9.17) is 57.6 Å². The Labute approximate surface area is 614 Å². The van der Waals surface area contributed by atoms with E-state index in [0.29, 0.717) is 99.2 Å². The van der Waals surface area contributed by atoms with E-state index in [1.807, 2.05) is 48.5 Å². The number of carboxylic acid groups (broad SMARTS) is 1. The molecule has 5 aromatic carbocycles. The van der Waals surface area contributed by atoms with Crippen molar-refractivity contribution in [3.8, 4) is 0 Å². The summed E-state index contributed by atoms with van der Waals surface area (Å²) in [5.74, 6) is -1.80. The molecule has 101 heavy (non-hydrogen) atoms. The van der Waals surface area contributed by atoms with Crippen LogP contribution in [0.1, 0.15) is 59.2 Å². The zero-order valence-corrected chi connectivity index (χ0v) is 59.7. The van der Waals surface area contributed by atoms with Crippen molar-refractivity contribution in [2.45, 2.75) is 14.2 Å². The maximum atomic E-state index is 11.4. The van der Waals surface area contributed by atoms with Crippen LogP contribution in [0.5, 0.6) is 0 Å². The first-order chi connectivity index (χ1) is 47.7. The number of nitrogens with zero attached hydrogens (tertiary/aromatic N) is 7. The van der Waals surface area contributed by atoms with Crippen LogP contribution in [-0.4, -0.2) is 277 Å². The van der Waals surface area contributed by atoms with Gasteiger partial charge in [0.25, 0.3) is 5.91 Å². The second-order valence-corrected chi connectivity index (χ2v) is 21.5. The summed E-state index contributed by atoms with van der Waals surface area (Å²) in [5, 5.41) is 17.7. The van der Waals surface area contributed by atoms with Crippen LogP contribution in [0.15, 0.2) is 121 Å². The van der Waals surface area contributed by atoms with Gasteiger partial charge in [-0.2, -0.15) is 0 Å². The minimum atomic E-state index is -0.930. The van der Waals surface area contributed by atoms with Crippen molar-refractivity contribution >= 4 is 149 Å². The van der Waals surface area contributed by atoms with Crippen LogP contribution >= 0.6 is 35.6 Å². The van der Waals surface area contributed by atoms with Crippen molar-refractivity contribution in [3.05, 3.63) is 149 Å². The smallest absolute Gasteiger partial charge is 0.337 e. The van der Waals surface area contributed by atoms with Gasteiger partial charge in [-0.05, 0) is 128 Å². The third kappa shape index (κ3) is 35.7. The normalized spacial score (nSPS) is 13.3. The number of ether oxygens (including phenoxy) is 3. The number of hydrogen-bond donors (Lipinski definition) is 6. The largest absolute Gasteiger partial charge is 0.478 e. The number of esters is 3. The number of hydrogen-bond acceptors (Lipinski definition) is 22. The van der Waals surface area contributed by atoms with E-state index >= 15 is 0 Å². The van der Waals surface area contributed by atoms with E-state index in [2.05, 4.69) is 65.2 Å². The Morgan fingerprint density at radius 2 is 0.792 bits per heavy atom. The van der Waals surface area contributed by atoms with Gasteiger partial charge in [0.05, 0.1) is 43.6 Å². The van der Waals surface area contributed by atoms with E-state index in [-0.39, 0.29) is 67.3 Å². The van der Waals surface area contributed by atoms with Crippen LogP contribution in [0.4, 0.5) is 42.8 Å². The first kappa shape index (κ1) is 92.7. The number of piperazine rings is 4. The number of carbonyl (C=O) groups excluding carboxylic acids is 7. The van der Waals surface area contributed by atoms with E-state index in [9.17, 15) is 43.1 Å². The topological polar surface area (TPSA) is 331 Å². The molecule has 4 aliphatic rings. The van der Waals surface area contributed by atoms with Crippen molar-refractivity contribution < 1.29 is 72.1 Å². The van der Waals surface area contributed by atoms with Crippen molar-refractivity contribution in [2.75, 3.05) is 197 Å². The first-order valence-electron chi connectivity index (χ1n) is 31.4. The van der Waals surface area contributed by atoms with Gasteiger partial charge in [0, 0.05) is 171 Å². The third-order valence-corrected chi connectivity index (χ3v) is 15.0. The van der Waals surface area contributed by atoms with Crippen LogP contribution < -0.4 is 47.0 Å². The fourth-order valence-electron chi connectivity index (χ4n) is 9.24. The predicted octanol–water partition coefficient (Wildman–Crippen LogP) is 5.37. The number of carboxylic acids is 1. The Hall–Kier alpha value is -8.35. The summed E-state index contributed by atoms with van der Waals surface area (Å²) in [5.41, 5.74) is 17.3. The standard InChI is InChI=1S/C13H16BN3O2.C13H15BN2O3.C12H13BN2O3.C12H16N2O2.C8H9NO2.C4H9Cl2N.C2H5B2O3.CH5N.CH4.ClH/c1-15-12(18)10-2-4-11(5-3-10)16-6-8-17(9-7-16)13(14)19;1-19-12(17)10-2-4-11(5-3-10)15-6-8-16(9-7-15)13(14)18;13-12(18)15-7-5-14(6-8-15)10-3-1-9(2-4-10)11(16)17;1-16-12(15)10-2-4-11(5-3-10)14-8-6-13-7-9-14;1-11-8(10)6-2-4-7(9)5-3-6;5-1-3-7-4-2-6;1-3-7-6-2-4-5;1-2;;/h2-5H,6-9H2,1H3,(H,15,18);2-5H,6-9H2,1H3;1-4H,5-8H2,(H,16,17);2-5,13H,6-9H2,1H3;2-5H,9H2,1H3;7H,1-4H2;2H2,1H3;2H2,1H3;1H4;1H. The molecule has 543 valence electrons. The van der Waals surface area contributed by atoms with Gasteiger partial charge in [-0.15, -0.1) is 35.6 Å². The molecule has 0 unspecified atom stereocenters. The van der Waals surface area contributed by atoms with Gasteiger partial charge in [0.15, 0.2) is 17.4 Å². The summed E-state index contributed by atoms with van der Waals surface area (Å²) in [7, 11) is 24.9. The molecule has 8 N–H and O–H groups in total. The van der Waals surface area contributed by atoms with Crippen molar-refractivity contribution in [2.24, 2.45) is 5.73 Å². The fraction of sp³-hybridized carbons (Fsp3) is 0.424. The predicted molar refractivity (Wildman–Crippen MR) is 404 cm³/mol. The Morgan fingerprint density at radius 1 is 0.505 bits per heavy atom. The molecule has 4 aliphatic heterocycles. The summed E-state index contributed by atoms with van der Waals surface area (Å²) in [6, 6.07) is 35.5. The number of amides is 4. The minimum absolute atomic E-state index is 0. The second kappa shape index (κ2) is 54.4. The molecule has 0 spiro atoms. The SMILES string of the molecule is C.CN.COC(=O)c1ccc(N)cc1.COC(=O)c1ccc(N2CCNCC2)cc1.C[B]OOCB=O.Cl.ClCCNCCCl.[B]C(=O)N1CCN(c2ccc(C(=O)NC)cc2)CC1.[B]C(=O)N1CCN(c2ccc(C(=O)O)cc2)CC1.[B]C(=O)N1CCN(c2ccc(C(=O)OC)cc2)CC1. The monoisotopic (exact) mass is 1450 g/mol. The molecule has 7 radical (unpaired) electrons. The summed E-state index contributed by atoms with van der Waals surface area (Å²) >= 11 is 10.7. The number of aromatic carboxylic acids is 1.